The van der Waals surface area contributed by atoms with Gasteiger partial charge in [-0.25, -0.2) is 0 Å². The molecule has 19 heavy (non-hydrogen) atoms. The molecular formula is C14H14N2O2S. The Morgan fingerprint density at radius 2 is 2.42 bits per heavy atom. The maximum Gasteiger partial charge on any atom is 0.311 e. The molecule has 0 unspecified atom stereocenters. The van der Waals surface area contributed by atoms with Crippen molar-refractivity contribution >= 4 is 35.3 Å². The van der Waals surface area contributed by atoms with Crippen LogP contribution in [0.5, 0.6) is 0 Å². The summed E-state index contributed by atoms with van der Waals surface area (Å²) in [5.41, 5.74) is 3.05. The molecule has 0 bridgehead atoms. The van der Waals surface area contributed by atoms with Gasteiger partial charge < -0.3 is 9.64 Å². The first kappa shape index (κ1) is 12.3. The van der Waals surface area contributed by atoms with Gasteiger partial charge in [0, 0.05) is 16.8 Å². The van der Waals surface area contributed by atoms with Crippen molar-refractivity contribution in [3.05, 3.63) is 29.3 Å². The van der Waals surface area contributed by atoms with Gasteiger partial charge in [0.1, 0.15) is 0 Å². The van der Waals surface area contributed by atoms with Crippen LogP contribution in [-0.2, 0) is 9.53 Å². The standard InChI is InChI=1S/C14H14N2O2S/c1-2-18-13(17)8-10-9-19-12-5-3-4-11-14(12)16(10)7-6-15-11/h3-6,9H,2,7-8H2,1H3. The maximum atomic E-state index is 11.7. The highest BCUT2D eigenvalue weighted by molar-refractivity contribution is 8.02. The van der Waals surface area contributed by atoms with Crippen LogP contribution >= 0.6 is 11.8 Å². The SMILES string of the molecule is CCOC(=O)CC1=CSc2cccc3c2N1CC=N3. The van der Waals surface area contributed by atoms with Gasteiger partial charge in [0.05, 0.1) is 30.9 Å². The van der Waals surface area contributed by atoms with Gasteiger partial charge in [-0.15, -0.1) is 0 Å². The average molecular weight is 274 g/mol. The molecule has 0 fully saturated rings. The van der Waals surface area contributed by atoms with Crippen LogP contribution in [0.2, 0.25) is 0 Å². The van der Waals surface area contributed by atoms with E-state index in [1.165, 1.54) is 4.90 Å². The van der Waals surface area contributed by atoms with E-state index in [-0.39, 0.29) is 5.97 Å². The number of para-hydroxylation sites is 1. The molecule has 0 saturated heterocycles. The molecule has 0 atom stereocenters. The quantitative estimate of drug-likeness (QED) is 0.794. The summed E-state index contributed by atoms with van der Waals surface area (Å²) in [5.74, 6) is -0.183. The predicted octanol–water partition coefficient (Wildman–Crippen LogP) is 3.11. The number of ether oxygens (including phenoxy) is 1. The van der Waals surface area contributed by atoms with Crippen molar-refractivity contribution in [2.75, 3.05) is 18.1 Å². The third kappa shape index (κ3) is 2.26. The predicted molar refractivity (Wildman–Crippen MR) is 77.1 cm³/mol. The molecule has 4 nitrogen and oxygen atoms in total. The second-order valence-corrected chi connectivity index (χ2v) is 5.17. The van der Waals surface area contributed by atoms with Gasteiger partial charge >= 0.3 is 5.97 Å². The van der Waals surface area contributed by atoms with Gasteiger partial charge in [0.15, 0.2) is 0 Å². The smallest absolute Gasteiger partial charge is 0.311 e. The van der Waals surface area contributed by atoms with Gasteiger partial charge in [-0.05, 0) is 24.5 Å². The first-order chi connectivity index (χ1) is 9.29. The van der Waals surface area contributed by atoms with E-state index in [9.17, 15) is 4.79 Å². The third-order valence-electron chi connectivity index (χ3n) is 3.04. The first-order valence-corrected chi connectivity index (χ1v) is 7.12. The third-order valence-corrected chi connectivity index (χ3v) is 4.01. The summed E-state index contributed by atoms with van der Waals surface area (Å²) in [6.07, 6.45) is 2.18. The number of rotatable bonds is 3. The lowest BCUT2D eigenvalue weighted by Crippen LogP contribution is -2.30. The Morgan fingerprint density at radius 3 is 3.26 bits per heavy atom. The number of carbonyl (C=O) groups is 1. The number of carbonyl (C=O) groups excluding carboxylic acids is 1. The number of nitrogens with zero attached hydrogens (tertiary/aromatic N) is 2. The fourth-order valence-electron chi connectivity index (χ4n) is 2.25. The molecule has 2 heterocycles. The van der Waals surface area contributed by atoms with Crippen LogP contribution in [0.1, 0.15) is 13.3 Å². The van der Waals surface area contributed by atoms with Gasteiger partial charge in [-0.1, -0.05) is 17.8 Å². The molecule has 3 rings (SSSR count). The average Bonchev–Trinajstić information content (AvgIpc) is 2.43. The number of aliphatic imine (C=N–C) groups is 1. The zero-order chi connectivity index (χ0) is 13.2. The Morgan fingerprint density at radius 1 is 1.53 bits per heavy atom. The zero-order valence-corrected chi connectivity index (χ0v) is 11.4. The zero-order valence-electron chi connectivity index (χ0n) is 10.6. The van der Waals surface area contributed by atoms with Crippen molar-refractivity contribution < 1.29 is 9.53 Å². The van der Waals surface area contributed by atoms with Crippen LogP contribution in [0, 0.1) is 0 Å². The van der Waals surface area contributed by atoms with Crippen molar-refractivity contribution in [3.63, 3.8) is 0 Å². The Labute approximate surface area is 116 Å². The van der Waals surface area contributed by atoms with Crippen molar-refractivity contribution in [2.45, 2.75) is 18.2 Å². The molecule has 1 aromatic carbocycles. The fraction of sp³-hybridized carbons (Fsp3) is 0.286. The number of anilines is 1. The normalized spacial score (nSPS) is 15.8. The lowest BCUT2D eigenvalue weighted by Gasteiger charge is -2.33. The molecule has 2 aliphatic heterocycles. The maximum absolute atomic E-state index is 11.7. The lowest BCUT2D eigenvalue weighted by molar-refractivity contribution is -0.142. The Bertz CT molecular complexity index is 581. The van der Waals surface area contributed by atoms with E-state index in [1.807, 2.05) is 30.7 Å². The summed E-state index contributed by atoms with van der Waals surface area (Å²) in [5, 5.41) is 2.03. The van der Waals surface area contributed by atoms with Crippen LogP contribution in [0.15, 0.2) is 39.2 Å². The minimum atomic E-state index is -0.183. The first-order valence-electron chi connectivity index (χ1n) is 6.24. The summed E-state index contributed by atoms with van der Waals surface area (Å²) < 4.78 is 5.02. The van der Waals surface area contributed by atoms with E-state index in [4.69, 9.17) is 4.74 Å². The highest BCUT2D eigenvalue weighted by Crippen LogP contribution is 2.46. The van der Waals surface area contributed by atoms with Gasteiger partial charge in [0.2, 0.25) is 0 Å². The van der Waals surface area contributed by atoms with E-state index in [0.29, 0.717) is 19.6 Å². The monoisotopic (exact) mass is 274 g/mol. The van der Waals surface area contributed by atoms with Crippen LogP contribution < -0.4 is 4.90 Å². The van der Waals surface area contributed by atoms with E-state index in [1.54, 1.807) is 11.8 Å². The van der Waals surface area contributed by atoms with Crippen molar-refractivity contribution in [1.29, 1.82) is 0 Å². The number of benzene rings is 1. The van der Waals surface area contributed by atoms with Crippen LogP contribution in [0.3, 0.4) is 0 Å². The number of thioether (sulfide) groups is 1. The highest BCUT2D eigenvalue weighted by Gasteiger charge is 2.26. The van der Waals surface area contributed by atoms with Crippen LogP contribution in [-0.4, -0.2) is 25.3 Å². The molecule has 1 aromatic rings. The Hall–Kier alpha value is -1.75. The summed E-state index contributed by atoms with van der Waals surface area (Å²) in [6.45, 7) is 2.95. The summed E-state index contributed by atoms with van der Waals surface area (Å²) in [6, 6.07) is 6.08. The van der Waals surface area contributed by atoms with Crippen LogP contribution in [0.4, 0.5) is 11.4 Å². The van der Waals surface area contributed by atoms with E-state index >= 15 is 0 Å². The summed E-state index contributed by atoms with van der Waals surface area (Å²) in [4.78, 5) is 19.4. The fourth-order valence-corrected chi connectivity index (χ4v) is 3.20. The van der Waals surface area contributed by atoms with Gasteiger partial charge in [-0.3, -0.25) is 9.79 Å². The molecule has 0 spiro atoms. The second-order valence-electron chi connectivity index (χ2n) is 4.25. The van der Waals surface area contributed by atoms with E-state index < -0.39 is 0 Å². The van der Waals surface area contributed by atoms with E-state index in [2.05, 4.69) is 16.0 Å². The molecule has 98 valence electrons. The number of esters is 1. The molecule has 0 amide bonds. The molecule has 0 radical (unpaired) electrons. The Balaban J connectivity index is 1.90. The van der Waals surface area contributed by atoms with Crippen molar-refractivity contribution in [1.82, 2.24) is 0 Å². The number of hydrogen-bond acceptors (Lipinski definition) is 5. The topological polar surface area (TPSA) is 41.9 Å². The summed E-state index contributed by atoms with van der Waals surface area (Å²) >= 11 is 1.64. The number of hydrogen-bond donors (Lipinski definition) is 0. The molecule has 0 aliphatic carbocycles. The summed E-state index contributed by atoms with van der Waals surface area (Å²) in [7, 11) is 0. The molecule has 0 N–H and O–H groups in total. The Kier molecular flexibility index (Phi) is 3.29. The minimum absolute atomic E-state index is 0.183. The largest absolute Gasteiger partial charge is 0.466 e. The van der Waals surface area contributed by atoms with Crippen molar-refractivity contribution in [2.24, 2.45) is 4.99 Å². The molecular weight excluding hydrogens is 260 g/mol. The highest BCUT2D eigenvalue weighted by atomic mass is 32.2. The molecule has 5 heteroatoms. The van der Waals surface area contributed by atoms with Crippen molar-refractivity contribution in [3.8, 4) is 0 Å². The molecule has 0 saturated carbocycles. The second kappa shape index (κ2) is 5.09. The van der Waals surface area contributed by atoms with Crippen LogP contribution in [0.25, 0.3) is 0 Å². The molecule has 0 aromatic heterocycles. The van der Waals surface area contributed by atoms with Gasteiger partial charge in [-0.2, -0.15) is 0 Å². The van der Waals surface area contributed by atoms with E-state index in [0.717, 1.165) is 17.1 Å². The molecule has 2 aliphatic rings. The minimum Gasteiger partial charge on any atom is -0.466 e. The van der Waals surface area contributed by atoms with Gasteiger partial charge in [0.25, 0.3) is 0 Å². The lowest BCUT2D eigenvalue weighted by atomic mass is 10.1.